The lowest BCUT2D eigenvalue weighted by Gasteiger charge is -2.16. The van der Waals surface area contributed by atoms with E-state index >= 15 is 0 Å². The summed E-state index contributed by atoms with van der Waals surface area (Å²) in [6.07, 6.45) is 7.34. The predicted octanol–water partition coefficient (Wildman–Crippen LogP) is 1.20. The standard InChI is InChI=1S/C19H34N4O5S3/c1-31(27,28)30-12-11-21-17(25)8-3-2-6-10-20-16(24)9-5-4-7-15-18-14(13-29-15)22-19(26)23-18/h14-15,18H,2-13H2,1H3,(H,20,24)(H,21,25)(H2,22,23,26)/t14-,15-,18+/m0/s1. The normalized spacial score (nSPS) is 22.5. The third-order valence-corrected chi connectivity index (χ3v) is 9.30. The molecular weight excluding hydrogens is 460 g/mol. The Balaban J connectivity index is 1.38. The van der Waals surface area contributed by atoms with E-state index in [1.165, 1.54) is 0 Å². The fourth-order valence-electron chi connectivity index (χ4n) is 3.65. The summed E-state index contributed by atoms with van der Waals surface area (Å²) < 4.78 is 21.9. The molecule has 0 aromatic heterocycles. The Morgan fingerprint density at radius 1 is 1.03 bits per heavy atom. The molecule has 0 radical (unpaired) electrons. The fourth-order valence-corrected chi connectivity index (χ4v) is 6.84. The SMILES string of the molecule is CS(=O)(=O)SCCNC(=O)CCCCCNC(=O)CCCC[C@@H]1SC[C@@H]2NC(=O)N[C@H]21. The summed E-state index contributed by atoms with van der Waals surface area (Å²) in [5.41, 5.74) is 0. The van der Waals surface area contributed by atoms with Crippen LogP contribution in [0.4, 0.5) is 4.79 Å². The minimum Gasteiger partial charge on any atom is -0.356 e. The second-order valence-corrected chi connectivity index (χ2v) is 13.8. The number of nitrogens with one attached hydrogen (secondary N) is 4. The van der Waals surface area contributed by atoms with Crippen LogP contribution in [0.5, 0.6) is 0 Å². The third-order valence-electron chi connectivity index (χ3n) is 5.21. The Morgan fingerprint density at radius 3 is 2.42 bits per heavy atom. The Hall–Kier alpha value is -1.14. The summed E-state index contributed by atoms with van der Waals surface area (Å²) in [6.45, 7) is 0.963. The van der Waals surface area contributed by atoms with Gasteiger partial charge in [0.15, 0.2) is 8.87 Å². The first-order valence-electron chi connectivity index (χ1n) is 10.8. The van der Waals surface area contributed by atoms with Crippen LogP contribution in [0.15, 0.2) is 0 Å². The quantitative estimate of drug-likeness (QED) is 0.153. The zero-order valence-electron chi connectivity index (χ0n) is 18.0. The second-order valence-electron chi connectivity index (χ2n) is 7.90. The predicted molar refractivity (Wildman–Crippen MR) is 126 cm³/mol. The number of carbonyl (C=O) groups excluding carboxylic acids is 3. The third kappa shape index (κ3) is 10.8. The molecule has 0 bridgehead atoms. The average molecular weight is 495 g/mol. The smallest absolute Gasteiger partial charge is 0.315 e. The highest BCUT2D eigenvalue weighted by atomic mass is 33.1. The van der Waals surface area contributed by atoms with Gasteiger partial charge in [0.2, 0.25) is 11.8 Å². The van der Waals surface area contributed by atoms with Gasteiger partial charge in [-0.25, -0.2) is 13.2 Å². The number of rotatable bonds is 15. The number of fused-ring (bicyclic) bond motifs is 1. The molecule has 0 aromatic rings. The van der Waals surface area contributed by atoms with Gasteiger partial charge < -0.3 is 21.3 Å². The fraction of sp³-hybridized carbons (Fsp3) is 0.842. The molecule has 4 amide bonds. The molecule has 2 rings (SSSR count). The van der Waals surface area contributed by atoms with Crippen molar-refractivity contribution in [2.24, 2.45) is 0 Å². The van der Waals surface area contributed by atoms with E-state index in [4.69, 9.17) is 0 Å². The van der Waals surface area contributed by atoms with Crippen LogP contribution < -0.4 is 21.3 Å². The summed E-state index contributed by atoms with van der Waals surface area (Å²) >= 11 is 1.89. The van der Waals surface area contributed by atoms with E-state index in [0.717, 1.165) is 61.3 Å². The number of thioether (sulfide) groups is 1. The molecule has 0 unspecified atom stereocenters. The van der Waals surface area contributed by atoms with Crippen LogP contribution >= 0.6 is 22.6 Å². The minimum absolute atomic E-state index is 0.0638. The van der Waals surface area contributed by atoms with Gasteiger partial charge in [0.05, 0.1) is 12.1 Å². The lowest BCUT2D eigenvalue weighted by atomic mass is 10.0. The van der Waals surface area contributed by atoms with Crippen LogP contribution in [0.1, 0.15) is 51.4 Å². The van der Waals surface area contributed by atoms with Gasteiger partial charge in [-0.15, -0.1) is 0 Å². The number of amides is 4. The molecular formula is C19H34N4O5S3. The van der Waals surface area contributed by atoms with Crippen LogP contribution in [0, 0.1) is 0 Å². The number of urea groups is 1. The van der Waals surface area contributed by atoms with Gasteiger partial charge in [-0.1, -0.05) is 12.8 Å². The maximum atomic E-state index is 11.9. The Morgan fingerprint density at radius 2 is 1.71 bits per heavy atom. The summed E-state index contributed by atoms with van der Waals surface area (Å²) in [4.78, 5) is 35.0. The van der Waals surface area contributed by atoms with Crippen LogP contribution in [0.25, 0.3) is 0 Å². The molecule has 0 saturated carbocycles. The summed E-state index contributed by atoms with van der Waals surface area (Å²) in [7, 11) is -2.23. The molecule has 0 aromatic carbocycles. The number of carbonyl (C=O) groups is 3. The van der Waals surface area contributed by atoms with E-state index in [-0.39, 0.29) is 29.9 Å². The zero-order chi connectivity index (χ0) is 22.7. The first kappa shape index (κ1) is 26.1. The van der Waals surface area contributed by atoms with Crippen molar-refractivity contribution in [3.63, 3.8) is 0 Å². The van der Waals surface area contributed by atoms with Crippen LogP contribution in [-0.4, -0.2) is 74.4 Å². The largest absolute Gasteiger partial charge is 0.356 e. The van der Waals surface area contributed by atoms with Gasteiger partial charge in [-0.3, -0.25) is 9.59 Å². The molecule has 2 saturated heterocycles. The molecule has 3 atom stereocenters. The Kier molecular flexibility index (Phi) is 11.3. The molecule has 0 spiro atoms. The molecule has 2 heterocycles. The Bertz CT molecular complexity index is 719. The van der Waals surface area contributed by atoms with Crippen LogP contribution in [0.2, 0.25) is 0 Å². The average Bonchev–Trinajstić information content (AvgIpc) is 3.24. The Labute approximate surface area is 192 Å². The number of unbranched alkanes of at least 4 members (excludes halogenated alkanes) is 3. The van der Waals surface area contributed by atoms with Gasteiger partial charge in [0.25, 0.3) is 0 Å². The lowest BCUT2D eigenvalue weighted by molar-refractivity contribution is -0.122. The summed E-state index contributed by atoms with van der Waals surface area (Å²) in [5, 5.41) is 12.0. The topological polar surface area (TPSA) is 133 Å². The highest BCUT2D eigenvalue weighted by molar-refractivity contribution is 8.71. The van der Waals surface area contributed by atoms with Crippen LogP contribution in [-0.2, 0) is 18.5 Å². The molecule has 178 valence electrons. The maximum Gasteiger partial charge on any atom is 0.315 e. The van der Waals surface area contributed by atoms with E-state index in [2.05, 4.69) is 21.3 Å². The van der Waals surface area contributed by atoms with E-state index in [1.54, 1.807) is 0 Å². The highest BCUT2D eigenvalue weighted by Crippen LogP contribution is 2.33. The van der Waals surface area contributed by atoms with Crippen molar-refractivity contribution in [2.75, 3.05) is 30.9 Å². The van der Waals surface area contributed by atoms with E-state index < -0.39 is 8.87 Å². The van der Waals surface area contributed by atoms with E-state index in [1.807, 2.05) is 11.8 Å². The van der Waals surface area contributed by atoms with Crippen molar-refractivity contribution < 1.29 is 22.8 Å². The first-order chi connectivity index (χ1) is 14.7. The second kappa shape index (κ2) is 13.4. The number of hydrogen-bond donors (Lipinski definition) is 4. The van der Waals surface area contributed by atoms with Crippen molar-refractivity contribution in [1.29, 1.82) is 0 Å². The molecule has 0 aliphatic carbocycles. The molecule has 2 fully saturated rings. The monoisotopic (exact) mass is 494 g/mol. The van der Waals surface area contributed by atoms with E-state index in [0.29, 0.717) is 36.9 Å². The molecule has 2 aliphatic heterocycles. The first-order valence-corrected chi connectivity index (χ1v) is 15.3. The minimum atomic E-state index is -3.06. The molecule has 9 nitrogen and oxygen atoms in total. The van der Waals surface area contributed by atoms with E-state index in [9.17, 15) is 22.8 Å². The lowest BCUT2D eigenvalue weighted by Crippen LogP contribution is -2.36. The molecule has 4 N–H and O–H groups in total. The van der Waals surface area contributed by atoms with Gasteiger partial charge >= 0.3 is 6.03 Å². The summed E-state index contributed by atoms with van der Waals surface area (Å²) in [6, 6.07) is 0.402. The van der Waals surface area contributed by atoms with Crippen molar-refractivity contribution >= 4 is 49.3 Å². The zero-order valence-corrected chi connectivity index (χ0v) is 20.4. The van der Waals surface area contributed by atoms with Crippen molar-refractivity contribution in [3.8, 4) is 0 Å². The molecule has 2 aliphatic rings. The molecule has 31 heavy (non-hydrogen) atoms. The van der Waals surface area contributed by atoms with Crippen molar-refractivity contribution in [1.82, 2.24) is 21.3 Å². The van der Waals surface area contributed by atoms with Crippen molar-refractivity contribution in [3.05, 3.63) is 0 Å². The van der Waals surface area contributed by atoms with Crippen LogP contribution in [0.3, 0.4) is 0 Å². The van der Waals surface area contributed by atoms with Crippen molar-refractivity contribution in [2.45, 2.75) is 68.7 Å². The summed E-state index contributed by atoms with van der Waals surface area (Å²) in [5.74, 6) is 1.30. The molecule has 12 heteroatoms. The highest BCUT2D eigenvalue weighted by Gasteiger charge is 2.42. The number of hydrogen-bond acceptors (Lipinski definition) is 7. The van der Waals surface area contributed by atoms with Gasteiger partial charge in [0.1, 0.15) is 0 Å². The van der Waals surface area contributed by atoms with Gasteiger partial charge in [-0.05, 0) is 36.5 Å². The van der Waals surface area contributed by atoms with Gasteiger partial charge in [-0.2, -0.15) is 11.8 Å². The maximum absolute atomic E-state index is 11.9. The van der Waals surface area contributed by atoms with Gasteiger partial charge in [0, 0.05) is 48.9 Å².